The maximum Gasteiger partial charge on any atom is 0.253 e. The molecule has 0 radical (unpaired) electrons. The summed E-state index contributed by atoms with van der Waals surface area (Å²) < 4.78 is 1.80. The highest BCUT2D eigenvalue weighted by Gasteiger charge is 2.22. The van der Waals surface area contributed by atoms with Crippen molar-refractivity contribution in [1.82, 2.24) is 24.5 Å². The van der Waals surface area contributed by atoms with Crippen LogP contribution in [0.25, 0.3) is 5.69 Å². The van der Waals surface area contributed by atoms with Gasteiger partial charge in [0.2, 0.25) is 0 Å². The predicted molar refractivity (Wildman–Crippen MR) is 102 cm³/mol. The largest absolute Gasteiger partial charge is 0.336 e. The molecule has 2 aliphatic heterocycles. The minimum atomic E-state index is 0.135. The minimum absolute atomic E-state index is 0.135. The number of nitrogens with zero attached hydrogens (tertiary/aromatic N) is 5. The van der Waals surface area contributed by atoms with E-state index in [0.717, 1.165) is 44.0 Å². The van der Waals surface area contributed by atoms with Gasteiger partial charge in [-0.3, -0.25) is 9.69 Å². The maximum atomic E-state index is 12.7. The molecule has 6 nitrogen and oxygen atoms in total. The molecule has 0 saturated carbocycles. The van der Waals surface area contributed by atoms with E-state index < -0.39 is 0 Å². The van der Waals surface area contributed by atoms with E-state index in [1.165, 1.54) is 32.5 Å². The number of carbonyl (C=O) groups is 1. The number of carbonyl (C=O) groups excluding carboxylic acids is 1. The van der Waals surface area contributed by atoms with Gasteiger partial charge in [0, 0.05) is 57.2 Å². The maximum absolute atomic E-state index is 12.7. The molecule has 2 saturated heterocycles. The molecular formula is C20H27N5O. The fraction of sp³-hybridized carbons (Fsp3) is 0.500. The van der Waals surface area contributed by atoms with Gasteiger partial charge in [0.15, 0.2) is 0 Å². The van der Waals surface area contributed by atoms with Gasteiger partial charge in [-0.2, -0.15) is 5.10 Å². The first-order valence-electron chi connectivity index (χ1n) is 9.64. The van der Waals surface area contributed by atoms with Gasteiger partial charge in [-0.05, 0) is 56.3 Å². The van der Waals surface area contributed by atoms with Crippen LogP contribution in [0.4, 0.5) is 0 Å². The van der Waals surface area contributed by atoms with Crippen molar-refractivity contribution >= 4 is 5.91 Å². The molecule has 6 heteroatoms. The third-order valence-corrected chi connectivity index (χ3v) is 5.47. The number of benzene rings is 1. The average molecular weight is 353 g/mol. The molecule has 1 aromatic carbocycles. The first-order valence-corrected chi connectivity index (χ1v) is 9.64. The third-order valence-electron chi connectivity index (χ3n) is 5.47. The molecule has 1 aromatic heterocycles. The van der Waals surface area contributed by atoms with E-state index in [-0.39, 0.29) is 5.91 Å². The van der Waals surface area contributed by atoms with Gasteiger partial charge in [0.25, 0.3) is 5.91 Å². The molecule has 1 amide bonds. The SMILES string of the molecule is O=C(c1ccc(-n2cccn2)cc1)N1CCN(CCN2CCCC2)CC1. The highest BCUT2D eigenvalue weighted by molar-refractivity contribution is 5.94. The monoisotopic (exact) mass is 353 g/mol. The summed E-state index contributed by atoms with van der Waals surface area (Å²) in [6, 6.07) is 9.60. The van der Waals surface area contributed by atoms with Gasteiger partial charge in [-0.1, -0.05) is 0 Å². The fourth-order valence-corrected chi connectivity index (χ4v) is 3.82. The van der Waals surface area contributed by atoms with Crippen molar-refractivity contribution in [3.05, 3.63) is 48.3 Å². The van der Waals surface area contributed by atoms with Crippen LogP contribution >= 0.6 is 0 Å². The van der Waals surface area contributed by atoms with Gasteiger partial charge in [-0.25, -0.2) is 4.68 Å². The van der Waals surface area contributed by atoms with E-state index in [4.69, 9.17) is 0 Å². The van der Waals surface area contributed by atoms with Crippen molar-refractivity contribution in [2.45, 2.75) is 12.8 Å². The van der Waals surface area contributed by atoms with Crippen LogP contribution in [0, 0.1) is 0 Å². The molecule has 0 unspecified atom stereocenters. The lowest BCUT2D eigenvalue weighted by Gasteiger charge is -2.35. The van der Waals surface area contributed by atoms with Crippen LogP contribution in [0.3, 0.4) is 0 Å². The first-order chi connectivity index (χ1) is 12.8. The van der Waals surface area contributed by atoms with Crippen LogP contribution in [0.1, 0.15) is 23.2 Å². The van der Waals surface area contributed by atoms with Crippen LogP contribution in [0.2, 0.25) is 0 Å². The summed E-state index contributed by atoms with van der Waals surface area (Å²) in [6.45, 7) is 8.40. The molecule has 4 rings (SSSR count). The second kappa shape index (κ2) is 8.01. The molecule has 3 heterocycles. The zero-order valence-electron chi connectivity index (χ0n) is 15.3. The Morgan fingerprint density at radius 3 is 2.15 bits per heavy atom. The van der Waals surface area contributed by atoms with Crippen molar-refractivity contribution in [3.8, 4) is 5.69 Å². The van der Waals surface area contributed by atoms with E-state index in [9.17, 15) is 4.79 Å². The Kier molecular flexibility index (Phi) is 5.32. The van der Waals surface area contributed by atoms with Gasteiger partial charge < -0.3 is 9.80 Å². The van der Waals surface area contributed by atoms with Gasteiger partial charge in [0.1, 0.15) is 0 Å². The van der Waals surface area contributed by atoms with Crippen LogP contribution in [-0.4, -0.2) is 82.7 Å². The van der Waals surface area contributed by atoms with E-state index in [1.54, 1.807) is 10.9 Å². The quantitative estimate of drug-likeness (QED) is 0.821. The molecule has 0 N–H and O–H groups in total. The number of piperazine rings is 1. The average Bonchev–Trinajstić information content (AvgIpc) is 3.40. The topological polar surface area (TPSA) is 44.6 Å². The van der Waals surface area contributed by atoms with E-state index in [0.29, 0.717) is 0 Å². The predicted octanol–water partition coefficient (Wildman–Crippen LogP) is 1.73. The van der Waals surface area contributed by atoms with E-state index in [2.05, 4.69) is 14.9 Å². The minimum Gasteiger partial charge on any atom is -0.336 e. The molecular weight excluding hydrogens is 326 g/mol. The third kappa shape index (κ3) is 3.97. The van der Waals surface area contributed by atoms with Crippen molar-refractivity contribution in [2.24, 2.45) is 0 Å². The van der Waals surface area contributed by atoms with Crippen LogP contribution < -0.4 is 0 Å². The Hall–Kier alpha value is -2.18. The van der Waals surface area contributed by atoms with Crippen LogP contribution in [0.5, 0.6) is 0 Å². The molecule has 2 aromatic rings. The standard InChI is InChI=1S/C20H27N5O/c26-20(18-4-6-19(7-5-18)25-11-3-8-21-25)24-16-14-23(15-17-24)13-12-22-9-1-2-10-22/h3-8,11H,1-2,9-10,12-17H2. The summed E-state index contributed by atoms with van der Waals surface area (Å²) in [5, 5.41) is 4.22. The Bertz CT molecular complexity index is 698. The summed E-state index contributed by atoms with van der Waals surface area (Å²) in [7, 11) is 0. The summed E-state index contributed by atoms with van der Waals surface area (Å²) in [5.74, 6) is 0.135. The first kappa shape index (κ1) is 17.2. The van der Waals surface area contributed by atoms with Crippen molar-refractivity contribution in [2.75, 3.05) is 52.4 Å². The molecule has 0 spiro atoms. The number of amides is 1. The number of aromatic nitrogens is 2. The molecule has 138 valence electrons. The summed E-state index contributed by atoms with van der Waals surface area (Å²) in [6.07, 6.45) is 6.35. The number of hydrogen-bond donors (Lipinski definition) is 0. The molecule has 0 bridgehead atoms. The number of likely N-dealkylation sites (tertiary alicyclic amines) is 1. The zero-order chi connectivity index (χ0) is 17.8. The summed E-state index contributed by atoms with van der Waals surface area (Å²) in [5.41, 5.74) is 1.73. The summed E-state index contributed by atoms with van der Waals surface area (Å²) >= 11 is 0. The Morgan fingerprint density at radius 1 is 0.885 bits per heavy atom. The van der Waals surface area contributed by atoms with Gasteiger partial charge in [-0.15, -0.1) is 0 Å². The number of hydrogen-bond acceptors (Lipinski definition) is 4. The second-order valence-electron chi connectivity index (χ2n) is 7.18. The fourth-order valence-electron chi connectivity index (χ4n) is 3.82. The highest BCUT2D eigenvalue weighted by Crippen LogP contribution is 2.13. The summed E-state index contributed by atoms with van der Waals surface area (Å²) in [4.78, 5) is 19.8. The lowest BCUT2D eigenvalue weighted by molar-refractivity contribution is 0.0626. The van der Waals surface area contributed by atoms with E-state index >= 15 is 0 Å². The zero-order valence-corrected chi connectivity index (χ0v) is 15.3. The van der Waals surface area contributed by atoms with E-state index in [1.807, 2.05) is 41.4 Å². The molecule has 0 aliphatic carbocycles. The van der Waals surface area contributed by atoms with Gasteiger partial charge in [0.05, 0.1) is 5.69 Å². The van der Waals surface area contributed by atoms with Crippen molar-refractivity contribution < 1.29 is 4.79 Å². The lowest BCUT2D eigenvalue weighted by Crippen LogP contribution is -2.50. The highest BCUT2D eigenvalue weighted by atomic mass is 16.2. The lowest BCUT2D eigenvalue weighted by atomic mass is 10.1. The van der Waals surface area contributed by atoms with Crippen molar-refractivity contribution in [1.29, 1.82) is 0 Å². The molecule has 26 heavy (non-hydrogen) atoms. The Morgan fingerprint density at radius 2 is 1.54 bits per heavy atom. The Balaban J connectivity index is 1.27. The van der Waals surface area contributed by atoms with Crippen molar-refractivity contribution in [3.63, 3.8) is 0 Å². The van der Waals surface area contributed by atoms with Crippen LogP contribution in [-0.2, 0) is 0 Å². The molecule has 2 aliphatic rings. The smallest absolute Gasteiger partial charge is 0.253 e. The van der Waals surface area contributed by atoms with Crippen LogP contribution in [0.15, 0.2) is 42.7 Å². The molecule has 0 atom stereocenters. The van der Waals surface area contributed by atoms with Gasteiger partial charge >= 0.3 is 0 Å². The number of rotatable bonds is 5. The normalized spacial score (nSPS) is 19.2. The second-order valence-corrected chi connectivity index (χ2v) is 7.18. The Labute approximate surface area is 155 Å². The molecule has 2 fully saturated rings.